The molecule has 0 spiro atoms. The topological polar surface area (TPSA) is 79.3 Å². The standard InChI is InChI=1S/C13H10ClIN2O3S/c1-6(12-17-10(5-21-12)13(19)20)16-11(18)8-4-7(14)2-3-9(8)15/h2-6H,1H3,(H,16,18)(H,19,20). The van der Waals surface area contributed by atoms with Crippen LogP contribution in [-0.2, 0) is 0 Å². The summed E-state index contributed by atoms with van der Waals surface area (Å²) in [6.07, 6.45) is 0. The van der Waals surface area contributed by atoms with Crippen molar-refractivity contribution in [3.63, 3.8) is 0 Å². The van der Waals surface area contributed by atoms with Crippen LogP contribution in [0.15, 0.2) is 23.6 Å². The Bertz CT molecular complexity index is 704. The zero-order valence-electron chi connectivity index (χ0n) is 10.8. The third-order valence-electron chi connectivity index (χ3n) is 2.63. The second-order valence-corrected chi connectivity index (χ2v) is 6.68. The second-order valence-electron chi connectivity index (χ2n) is 4.20. The number of thiazole rings is 1. The highest BCUT2D eigenvalue weighted by Gasteiger charge is 2.18. The normalized spacial score (nSPS) is 12.0. The van der Waals surface area contributed by atoms with Gasteiger partial charge in [0.2, 0.25) is 0 Å². The molecule has 8 heteroatoms. The van der Waals surface area contributed by atoms with Crippen LogP contribution in [0.25, 0.3) is 0 Å². The summed E-state index contributed by atoms with van der Waals surface area (Å²) in [7, 11) is 0. The fraction of sp³-hybridized carbons (Fsp3) is 0.154. The fourth-order valence-electron chi connectivity index (χ4n) is 1.59. The van der Waals surface area contributed by atoms with Crippen molar-refractivity contribution in [2.24, 2.45) is 0 Å². The molecule has 0 aliphatic carbocycles. The molecule has 0 saturated carbocycles. The first-order valence-electron chi connectivity index (χ1n) is 5.83. The summed E-state index contributed by atoms with van der Waals surface area (Å²) < 4.78 is 0.784. The molecule has 1 aromatic carbocycles. The van der Waals surface area contributed by atoms with Crippen LogP contribution in [0, 0.1) is 3.57 Å². The van der Waals surface area contributed by atoms with Gasteiger partial charge in [-0.15, -0.1) is 11.3 Å². The number of aromatic nitrogens is 1. The van der Waals surface area contributed by atoms with Crippen LogP contribution < -0.4 is 5.32 Å². The van der Waals surface area contributed by atoms with Crippen LogP contribution in [0.4, 0.5) is 0 Å². The van der Waals surface area contributed by atoms with Crippen LogP contribution in [0.1, 0.15) is 38.8 Å². The van der Waals surface area contributed by atoms with E-state index < -0.39 is 5.97 Å². The van der Waals surface area contributed by atoms with Gasteiger partial charge in [0, 0.05) is 14.0 Å². The minimum atomic E-state index is -1.08. The zero-order valence-corrected chi connectivity index (χ0v) is 14.5. The van der Waals surface area contributed by atoms with Gasteiger partial charge in [-0.1, -0.05) is 11.6 Å². The van der Waals surface area contributed by atoms with Crippen molar-refractivity contribution in [1.82, 2.24) is 10.3 Å². The number of rotatable bonds is 4. The Morgan fingerprint density at radius 1 is 1.48 bits per heavy atom. The van der Waals surface area contributed by atoms with Crippen LogP contribution >= 0.6 is 45.5 Å². The summed E-state index contributed by atoms with van der Waals surface area (Å²) >= 11 is 9.15. The molecule has 1 amide bonds. The molecule has 1 unspecified atom stereocenters. The lowest BCUT2D eigenvalue weighted by molar-refractivity contribution is 0.0691. The number of benzene rings is 1. The van der Waals surface area contributed by atoms with Crippen molar-refractivity contribution in [1.29, 1.82) is 0 Å². The van der Waals surface area contributed by atoms with Crippen LogP contribution in [0.5, 0.6) is 0 Å². The molecule has 2 rings (SSSR count). The van der Waals surface area contributed by atoms with Gasteiger partial charge < -0.3 is 10.4 Å². The summed E-state index contributed by atoms with van der Waals surface area (Å²) in [5.41, 5.74) is 0.457. The minimum absolute atomic E-state index is 0.0200. The highest BCUT2D eigenvalue weighted by atomic mass is 127. The van der Waals surface area contributed by atoms with E-state index in [1.165, 1.54) is 16.7 Å². The molecule has 21 heavy (non-hydrogen) atoms. The van der Waals surface area contributed by atoms with Crippen molar-refractivity contribution in [2.45, 2.75) is 13.0 Å². The predicted octanol–water partition coefficient (Wildman–Crippen LogP) is 3.59. The first kappa shape index (κ1) is 16.2. The number of hydrogen-bond donors (Lipinski definition) is 2. The van der Waals surface area contributed by atoms with Crippen molar-refractivity contribution >= 4 is 57.4 Å². The quantitative estimate of drug-likeness (QED) is 0.718. The molecule has 0 fully saturated rings. The Hall–Kier alpha value is -1.19. The number of nitrogens with zero attached hydrogens (tertiary/aromatic N) is 1. The Labute approximate surface area is 143 Å². The molecule has 1 atom stereocenters. The number of aromatic carboxylic acids is 1. The maximum atomic E-state index is 12.2. The van der Waals surface area contributed by atoms with Gasteiger partial charge in [-0.2, -0.15) is 0 Å². The van der Waals surface area contributed by atoms with Gasteiger partial charge in [-0.25, -0.2) is 9.78 Å². The van der Waals surface area contributed by atoms with Gasteiger partial charge in [0.25, 0.3) is 5.91 Å². The molecule has 0 aliphatic rings. The van der Waals surface area contributed by atoms with Crippen molar-refractivity contribution in [3.05, 3.63) is 48.4 Å². The Balaban J connectivity index is 2.14. The van der Waals surface area contributed by atoms with Crippen LogP contribution in [-0.4, -0.2) is 22.0 Å². The van der Waals surface area contributed by atoms with Crippen molar-refractivity contribution in [2.75, 3.05) is 0 Å². The molecule has 2 N–H and O–H groups in total. The average molecular weight is 437 g/mol. The molecule has 1 heterocycles. The molecule has 0 saturated heterocycles. The highest BCUT2D eigenvalue weighted by Crippen LogP contribution is 2.21. The van der Waals surface area contributed by atoms with E-state index in [0.29, 0.717) is 15.6 Å². The number of carboxylic acid groups (broad SMARTS) is 1. The summed E-state index contributed by atoms with van der Waals surface area (Å²) in [6, 6.07) is 4.68. The number of nitrogens with one attached hydrogen (secondary N) is 1. The number of amides is 1. The maximum Gasteiger partial charge on any atom is 0.355 e. The lowest BCUT2D eigenvalue weighted by atomic mass is 10.2. The van der Waals surface area contributed by atoms with E-state index in [0.717, 1.165) is 3.57 Å². The molecular formula is C13H10ClIN2O3S. The lowest BCUT2D eigenvalue weighted by Gasteiger charge is -2.12. The number of carboxylic acids is 1. The van der Waals surface area contributed by atoms with Crippen LogP contribution in [0.2, 0.25) is 5.02 Å². The number of carbonyl (C=O) groups excluding carboxylic acids is 1. The summed E-state index contributed by atoms with van der Waals surface area (Å²) in [4.78, 5) is 27.0. The summed E-state index contributed by atoms with van der Waals surface area (Å²) in [5.74, 6) is -1.36. The Kier molecular flexibility index (Phi) is 5.17. The summed E-state index contributed by atoms with van der Waals surface area (Å²) in [5, 5.41) is 14.1. The van der Waals surface area contributed by atoms with E-state index in [2.05, 4.69) is 32.9 Å². The smallest absolute Gasteiger partial charge is 0.355 e. The largest absolute Gasteiger partial charge is 0.476 e. The molecule has 2 aromatic rings. The molecular weight excluding hydrogens is 427 g/mol. The minimum Gasteiger partial charge on any atom is -0.476 e. The molecule has 0 aliphatic heterocycles. The highest BCUT2D eigenvalue weighted by molar-refractivity contribution is 14.1. The number of carbonyl (C=O) groups is 2. The van der Waals surface area contributed by atoms with E-state index in [1.807, 2.05) is 0 Å². The first-order valence-corrected chi connectivity index (χ1v) is 8.16. The molecule has 0 radical (unpaired) electrons. The van der Waals surface area contributed by atoms with E-state index >= 15 is 0 Å². The van der Waals surface area contributed by atoms with Gasteiger partial charge in [-0.05, 0) is 47.7 Å². The third-order valence-corrected chi connectivity index (χ3v) is 4.84. The van der Waals surface area contributed by atoms with Crippen molar-refractivity contribution in [3.8, 4) is 0 Å². The third kappa shape index (κ3) is 3.92. The Morgan fingerprint density at radius 2 is 2.19 bits per heavy atom. The van der Waals surface area contributed by atoms with Crippen molar-refractivity contribution < 1.29 is 14.7 Å². The number of hydrogen-bond acceptors (Lipinski definition) is 4. The van der Waals surface area contributed by atoms with E-state index in [4.69, 9.17) is 16.7 Å². The van der Waals surface area contributed by atoms with Gasteiger partial charge >= 0.3 is 5.97 Å². The predicted molar refractivity (Wildman–Crippen MR) is 89.1 cm³/mol. The monoisotopic (exact) mass is 436 g/mol. The Morgan fingerprint density at radius 3 is 2.81 bits per heavy atom. The van der Waals surface area contributed by atoms with E-state index in [9.17, 15) is 9.59 Å². The van der Waals surface area contributed by atoms with Gasteiger partial charge in [0.15, 0.2) is 5.69 Å². The van der Waals surface area contributed by atoms with Gasteiger partial charge in [0.05, 0.1) is 11.6 Å². The number of halogens is 2. The van der Waals surface area contributed by atoms with E-state index in [1.54, 1.807) is 25.1 Å². The second kappa shape index (κ2) is 6.71. The molecule has 5 nitrogen and oxygen atoms in total. The SMILES string of the molecule is CC(NC(=O)c1cc(Cl)ccc1I)c1nc(C(=O)O)cs1. The first-order chi connectivity index (χ1) is 9.88. The zero-order chi connectivity index (χ0) is 15.6. The van der Waals surface area contributed by atoms with Gasteiger partial charge in [0.1, 0.15) is 5.01 Å². The molecule has 1 aromatic heterocycles. The average Bonchev–Trinajstić information content (AvgIpc) is 2.91. The fourth-order valence-corrected chi connectivity index (χ4v) is 3.14. The summed E-state index contributed by atoms with van der Waals surface area (Å²) in [6.45, 7) is 1.75. The van der Waals surface area contributed by atoms with E-state index in [-0.39, 0.29) is 17.6 Å². The van der Waals surface area contributed by atoms with Gasteiger partial charge in [-0.3, -0.25) is 4.79 Å². The molecule has 110 valence electrons. The lowest BCUT2D eigenvalue weighted by Crippen LogP contribution is -2.27. The molecule has 0 bridgehead atoms. The maximum absolute atomic E-state index is 12.2. The van der Waals surface area contributed by atoms with Crippen LogP contribution in [0.3, 0.4) is 0 Å².